The van der Waals surface area contributed by atoms with Gasteiger partial charge in [-0.3, -0.25) is 4.79 Å². The maximum Gasteiger partial charge on any atom is 0.255 e. The predicted octanol–water partition coefficient (Wildman–Crippen LogP) is 6.81. The number of nitrogens with one attached hydrogen (secondary N) is 1. The van der Waals surface area contributed by atoms with Gasteiger partial charge in [-0.25, -0.2) is 4.98 Å². The summed E-state index contributed by atoms with van der Waals surface area (Å²) < 4.78 is 5.89. The molecule has 0 radical (unpaired) electrons. The second kappa shape index (κ2) is 9.23. The molecule has 1 amide bonds. The molecule has 5 heteroatoms. The smallest absolute Gasteiger partial charge is 0.255 e. The summed E-state index contributed by atoms with van der Waals surface area (Å²) in [6.07, 6.45) is 0. The number of benzene rings is 3. The molecule has 4 aromatic rings. The van der Waals surface area contributed by atoms with Crippen LogP contribution >= 0.6 is 11.8 Å². The van der Waals surface area contributed by atoms with E-state index in [1.54, 1.807) is 23.9 Å². The van der Waals surface area contributed by atoms with Gasteiger partial charge in [-0.1, -0.05) is 35.9 Å². The summed E-state index contributed by atoms with van der Waals surface area (Å²) in [6, 6.07) is 23.5. The van der Waals surface area contributed by atoms with Crippen molar-refractivity contribution in [2.45, 2.75) is 31.4 Å². The van der Waals surface area contributed by atoms with Crippen molar-refractivity contribution in [2.75, 3.05) is 5.32 Å². The second-order valence-corrected chi connectivity index (χ2v) is 8.52. The molecule has 0 spiro atoms. The standard InChI is InChI=1S/C26H24N2O2S/c1-17-8-14-22(15-9-17)31-16-24-19(3)30-26(28-24)21-12-10-20(11-13-21)25(29)27-23-7-5-4-6-18(23)2/h4-15H,16H2,1-3H3,(H,27,29). The van der Waals surface area contributed by atoms with E-state index in [4.69, 9.17) is 4.42 Å². The molecule has 0 saturated heterocycles. The molecule has 0 atom stereocenters. The Morgan fingerprint density at radius 2 is 1.65 bits per heavy atom. The number of aromatic nitrogens is 1. The Labute approximate surface area is 186 Å². The van der Waals surface area contributed by atoms with Crippen LogP contribution < -0.4 is 5.32 Å². The van der Waals surface area contributed by atoms with Gasteiger partial charge in [-0.2, -0.15) is 0 Å². The Hall–Kier alpha value is -3.31. The lowest BCUT2D eigenvalue weighted by Gasteiger charge is -2.08. The van der Waals surface area contributed by atoms with Crippen molar-refractivity contribution in [1.29, 1.82) is 0 Å². The summed E-state index contributed by atoms with van der Waals surface area (Å²) >= 11 is 1.74. The Morgan fingerprint density at radius 3 is 2.35 bits per heavy atom. The molecule has 0 saturated carbocycles. The van der Waals surface area contributed by atoms with Crippen LogP contribution in [0.15, 0.2) is 82.1 Å². The van der Waals surface area contributed by atoms with Crippen LogP contribution in [-0.2, 0) is 5.75 Å². The molecule has 1 aromatic heterocycles. The SMILES string of the molecule is Cc1ccc(SCc2nc(-c3ccc(C(=O)Nc4ccccc4C)cc3)oc2C)cc1. The molecule has 1 N–H and O–H groups in total. The van der Waals surface area contributed by atoms with Gasteiger partial charge >= 0.3 is 0 Å². The lowest BCUT2D eigenvalue weighted by atomic mass is 10.1. The van der Waals surface area contributed by atoms with Gasteiger partial charge in [0.15, 0.2) is 0 Å². The number of carbonyl (C=O) groups excluding carboxylic acids is 1. The largest absolute Gasteiger partial charge is 0.441 e. The lowest BCUT2D eigenvalue weighted by Crippen LogP contribution is -2.12. The second-order valence-electron chi connectivity index (χ2n) is 7.47. The zero-order valence-corrected chi connectivity index (χ0v) is 18.6. The van der Waals surface area contributed by atoms with Crippen molar-refractivity contribution in [3.63, 3.8) is 0 Å². The van der Waals surface area contributed by atoms with E-state index in [0.717, 1.165) is 34.0 Å². The summed E-state index contributed by atoms with van der Waals surface area (Å²) in [6.45, 7) is 5.99. The summed E-state index contributed by atoms with van der Waals surface area (Å²) in [5.74, 6) is 1.99. The average Bonchev–Trinajstić information content (AvgIpc) is 3.15. The van der Waals surface area contributed by atoms with Crippen LogP contribution in [0.5, 0.6) is 0 Å². The van der Waals surface area contributed by atoms with Crippen molar-refractivity contribution in [2.24, 2.45) is 0 Å². The van der Waals surface area contributed by atoms with Crippen LogP contribution in [0, 0.1) is 20.8 Å². The fourth-order valence-electron chi connectivity index (χ4n) is 3.14. The van der Waals surface area contributed by atoms with Crippen LogP contribution in [0.25, 0.3) is 11.5 Å². The zero-order valence-electron chi connectivity index (χ0n) is 17.8. The van der Waals surface area contributed by atoms with Crippen LogP contribution in [0.3, 0.4) is 0 Å². The van der Waals surface area contributed by atoms with Crippen LogP contribution in [-0.4, -0.2) is 10.9 Å². The zero-order chi connectivity index (χ0) is 21.8. The highest BCUT2D eigenvalue weighted by Crippen LogP contribution is 2.28. The number of thioether (sulfide) groups is 1. The Morgan fingerprint density at radius 1 is 0.935 bits per heavy atom. The molecule has 4 rings (SSSR count). The van der Waals surface area contributed by atoms with Gasteiger partial charge in [0.05, 0.1) is 5.69 Å². The van der Waals surface area contributed by atoms with E-state index >= 15 is 0 Å². The highest BCUT2D eigenvalue weighted by Gasteiger charge is 2.13. The third-order valence-corrected chi connectivity index (χ3v) is 6.10. The minimum atomic E-state index is -0.139. The van der Waals surface area contributed by atoms with Gasteiger partial charge in [-0.15, -0.1) is 11.8 Å². The van der Waals surface area contributed by atoms with E-state index in [2.05, 4.69) is 41.5 Å². The van der Waals surface area contributed by atoms with E-state index in [-0.39, 0.29) is 5.91 Å². The first kappa shape index (κ1) is 20.9. The third kappa shape index (κ3) is 5.06. The van der Waals surface area contributed by atoms with E-state index in [0.29, 0.717) is 11.5 Å². The monoisotopic (exact) mass is 428 g/mol. The molecular formula is C26H24N2O2S. The number of oxazole rings is 1. The number of hydrogen-bond donors (Lipinski definition) is 1. The third-order valence-electron chi connectivity index (χ3n) is 5.08. The first-order valence-electron chi connectivity index (χ1n) is 10.1. The topological polar surface area (TPSA) is 55.1 Å². The number of aryl methyl sites for hydroxylation is 3. The molecule has 0 bridgehead atoms. The fourth-order valence-corrected chi connectivity index (χ4v) is 4.04. The molecule has 0 aliphatic carbocycles. The maximum absolute atomic E-state index is 12.6. The molecule has 156 valence electrons. The van der Waals surface area contributed by atoms with Crippen molar-refractivity contribution in [1.82, 2.24) is 4.98 Å². The molecule has 31 heavy (non-hydrogen) atoms. The highest BCUT2D eigenvalue weighted by molar-refractivity contribution is 7.98. The van der Waals surface area contributed by atoms with Gasteiger partial charge in [0.25, 0.3) is 5.91 Å². The Kier molecular flexibility index (Phi) is 6.23. The number of para-hydroxylation sites is 1. The summed E-state index contributed by atoms with van der Waals surface area (Å²) in [5.41, 5.74) is 5.46. The van der Waals surface area contributed by atoms with Gasteiger partial charge < -0.3 is 9.73 Å². The van der Waals surface area contributed by atoms with Gasteiger partial charge in [0.2, 0.25) is 5.89 Å². The first-order valence-corrected chi connectivity index (χ1v) is 11.1. The molecule has 4 nitrogen and oxygen atoms in total. The summed E-state index contributed by atoms with van der Waals surface area (Å²) in [7, 11) is 0. The highest BCUT2D eigenvalue weighted by atomic mass is 32.2. The van der Waals surface area contributed by atoms with Gasteiger partial charge in [0.1, 0.15) is 5.76 Å². The predicted molar refractivity (Wildman–Crippen MR) is 127 cm³/mol. The van der Waals surface area contributed by atoms with E-state index in [9.17, 15) is 4.79 Å². The number of amides is 1. The Balaban J connectivity index is 1.44. The van der Waals surface area contributed by atoms with Crippen LogP contribution in [0.2, 0.25) is 0 Å². The average molecular weight is 429 g/mol. The number of nitrogens with zero attached hydrogens (tertiary/aromatic N) is 1. The molecule has 0 aliphatic heterocycles. The minimum absolute atomic E-state index is 0.139. The molecule has 0 fully saturated rings. The lowest BCUT2D eigenvalue weighted by molar-refractivity contribution is 0.102. The van der Waals surface area contributed by atoms with E-state index in [1.165, 1.54) is 10.5 Å². The summed E-state index contributed by atoms with van der Waals surface area (Å²) in [5, 5.41) is 2.95. The minimum Gasteiger partial charge on any atom is -0.441 e. The van der Waals surface area contributed by atoms with Crippen LogP contribution in [0.1, 0.15) is 32.9 Å². The maximum atomic E-state index is 12.6. The molecule has 0 aliphatic rings. The normalized spacial score (nSPS) is 10.8. The Bertz CT molecular complexity index is 1200. The van der Waals surface area contributed by atoms with E-state index < -0.39 is 0 Å². The van der Waals surface area contributed by atoms with Crippen molar-refractivity contribution in [3.8, 4) is 11.5 Å². The first-order chi connectivity index (χ1) is 15.0. The van der Waals surface area contributed by atoms with Gasteiger partial charge in [-0.05, 0) is 68.8 Å². The summed E-state index contributed by atoms with van der Waals surface area (Å²) in [4.78, 5) is 18.4. The van der Waals surface area contributed by atoms with Gasteiger partial charge in [0, 0.05) is 27.5 Å². The number of anilines is 1. The number of rotatable bonds is 6. The number of carbonyl (C=O) groups is 1. The van der Waals surface area contributed by atoms with E-state index in [1.807, 2.05) is 50.2 Å². The number of hydrogen-bond acceptors (Lipinski definition) is 4. The quantitative estimate of drug-likeness (QED) is 0.343. The van der Waals surface area contributed by atoms with Crippen molar-refractivity contribution >= 4 is 23.4 Å². The van der Waals surface area contributed by atoms with Crippen molar-refractivity contribution in [3.05, 3.63) is 101 Å². The molecule has 0 unspecified atom stereocenters. The van der Waals surface area contributed by atoms with Crippen LogP contribution in [0.4, 0.5) is 5.69 Å². The molecular weight excluding hydrogens is 404 g/mol. The van der Waals surface area contributed by atoms with Crippen molar-refractivity contribution < 1.29 is 9.21 Å². The fraction of sp³-hybridized carbons (Fsp3) is 0.154. The molecule has 1 heterocycles. The molecule has 3 aromatic carbocycles.